The van der Waals surface area contributed by atoms with E-state index in [1.54, 1.807) is 30.0 Å². The van der Waals surface area contributed by atoms with Crippen LogP contribution in [0.25, 0.3) is 11.1 Å². The molecule has 0 spiro atoms. The highest BCUT2D eigenvalue weighted by atomic mass is 16.6. The van der Waals surface area contributed by atoms with Gasteiger partial charge in [0.1, 0.15) is 7.11 Å². The van der Waals surface area contributed by atoms with Crippen LogP contribution in [0.2, 0.25) is 0 Å². The summed E-state index contributed by atoms with van der Waals surface area (Å²) >= 11 is 0. The maximum Gasteiger partial charge on any atom is 0.254 e. The first-order chi connectivity index (χ1) is 13.5. The third-order valence-electron chi connectivity index (χ3n) is 5.13. The lowest BCUT2D eigenvalue weighted by atomic mass is 9.96. The molecule has 1 heterocycles. The van der Waals surface area contributed by atoms with E-state index in [1.165, 1.54) is 7.11 Å². The Kier molecular flexibility index (Phi) is 5.76. The number of carbonyl (C=O) groups is 1. The summed E-state index contributed by atoms with van der Waals surface area (Å²) in [4.78, 5) is 19.5. The van der Waals surface area contributed by atoms with Crippen LogP contribution in [-0.4, -0.2) is 47.4 Å². The van der Waals surface area contributed by atoms with Gasteiger partial charge in [-0.2, -0.15) is 5.26 Å². The summed E-state index contributed by atoms with van der Waals surface area (Å²) in [5, 5.41) is 23.2. The Bertz CT molecular complexity index is 942. The van der Waals surface area contributed by atoms with Gasteiger partial charge in [0, 0.05) is 12.0 Å². The van der Waals surface area contributed by atoms with Gasteiger partial charge in [-0.15, -0.1) is 0 Å². The number of rotatable bonds is 4. The van der Waals surface area contributed by atoms with Crippen LogP contribution in [0.5, 0.6) is 0 Å². The van der Waals surface area contributed by atoms with E-state index >= 15 is 0 Å². The van der Waals surface area contributed by atoms with Crippen molar-refractivity contribution < 1.29 is 14.7 Å². The predicted molar refractivity (Wildman–Crippen MR) is 107 cm³/mol. The van der Waals surface area contributed by atoms with Gasteiger partial charge < -0.3 is 14.8 Å². The van der Waals surface area contributed by atoms with E-state index in [9.17, 15) is 15.2 Å². The average molecular weight is 377 g/mol. The molecule has 144 valence electrons. The monoisotopic (exact) mass is 377 g/mol. The van der Waals surface area contributed by atoms with Gasteiger partial charge in [0.05, 0.1) is 36.0 Å². The number of amides is 1. The van der Waals surface area contributed by atoms with Gasteiger partial charge in [-0.05, 0) is 48.7 Å². The summed E-state index contributed by atoms with van der Waals surface area (Å²) < 4.78 is 0. The molecule has 2 aromatic carbocycles. The summed E-state index contributed by atoms with van der Waals surface area (Å²) in [5.41, 5.74) is 4.75. The molecule has 1 fully saturated rings. The molecule has 6 nitrogen and oxygen atoms in total. The second-order valence-electron chi connectivity index (χ2n) is 6.95. The Balaban J connectivity index is 1.86. The fourth-order valence-corrected chi connectivity index (χ4v) is 3.61. The quantitative estimate of drug-likeness (QED) is 0.830. The Morgan fingerprint density at radius 3 is 2.64 bits per heavy atom. The minimum absolute atomic E-state index is 0.152. The summed E-state index contributed by atoms with van der Waals surface area (Å²) in [6, 6.07) is 14.8. The van der Waals surface area contributed by atoms with Crippen molar-refractivity contribution >= 4 is 11.6 Å². The minimum Gasteiger partial charge on any atom is -0.399 e. The van der Waals surface area contributed by atoms with Gasteiger partial charge in [-0.3, -0.25) is 4.79 Å². The second-order valence-corrected chi connectivity index (χ2v) is 6.95. The highest BCUT2D eigenvalue weighted by Crippen LogP contribution is 2.27. The number of carbonyl (C=O) groups excluding carboxylic acids is 1. The van der Waals surface area contributed by atoms with Crippen molar-refractivity contribution in [2.45, 2.75) is 32.4 Å². The lowest BCUT2D eigenvalue weighted by Gasteiger charge is -2.26. The molecule has 0 radical (unpaired) electrons. The van der Waals surface area contributed by atoms with Crippen molar-refractivity contribution in [3.63, 3.8) is 0 Å². The third-order valence-corrected chi connectivity index (χ3v) is 5.13. The van der Waals surface area contributed by atoms with Gasteiger partial charge in [0.2, 0.25) is 0 Å². The largest absolute Gasteiger partial charge is 0.399 e. The second kappa shape index (κ2) is 8.24. The van der Waals surface area contributed by atoms with E-state index in [0.717, 1.165) is 22.4 Å². The van der Waals surface area contributed by atoms with E-state index in [0.29, 0.717) is 24.1 Å². The van der Waals surface area contributed by atoms with Crippen molar-refractivity contribution in [3.05, 3.63) is 59.2 Å². The highest BCUT2D eigenvalue weighted by Gasteiger charge is 2.36. The number of aliphatic hydroxyl groups is 1. The molecule has 1 aliphatic rings. The Hall–Kier alpha value is -3.17. The van der Waals surface area contributed by atoms with E-state index in [1.807, 2.05) is 31.2 Å². The van der Waals surface area contributed by atoms with E-state index in [-0.39, 0.29) is 11.9 Å². The number of likely N-dealkylation sites (tertiary alicyclic amines) is 1. The van der Waals surface area contributed by atoms with Crippen LogP contribution in [0.15, 0.2) is 47.6 Å². The molecule has 1 aliphatic heterocycles. The van der Waals surface area contributed by atoms with Crippen LogP contribution < -0.4 is 0 Å². The average Bonchev–Trinajstić information content (AvgIpc) is 3.12. The van der Waals surface area contributed by atoms with Crippen LogP contribution in [-0.2, 0) is 4.84 Å². The molecule has 28 heavy (non-hydrogen) atoms. The summed E-state index contributed by atoms with van der Waals surface area (Å²) in [7, 11) is 1.47. The zero-order chi connectivity index (χ0) is 20.3. The van der Waals surface area contributed by atoms with Gasteiger partial charge in [-0.25, -0.2) is 0 Å². The molecule has 3 rings (SSSR count). The molecule has 1 N–H and O–H groups in total. The molecule has 0 aromatic heterocycles. The fourth-order valence-electron chi connectivity index (χ4n) is 3.61. The van der Waals surface area contributed by atoms with Crippen LogP contribution in [0.1, 0.15) is 34.8 Å². The van der Waals surface area contributed by atoms with Crippen LogP contribution in [0.3, 0.4) is 0 Å². The SMILES string of the molecule is CO/N=C1/C[C@@H]([C@@H](C)O)N(C(=O)c2ccc(-c3cccc(C#N)c3C)cc2)C1. The van der Waals surface area contributed by atoms with Gasteiger partial charge in [-0.1, -0.05) is 29.4 Å². The number of benzene rings is 2. The van der Waals surface area contributed by atoms with Gasteiger partial charge >= 0.3 is 0 Å². The molecule has 0 saturated carbocycles. The normalized spacial score (nSPS) is 18.8. The predicted octanol–water partition coefficient (Wildman–Crippen LogP) is 3.13. The number of oxime groups is 1. The Morgan fingerprint density at radius 1 is 1.32 bits per heavy atom. The Labute approximate surface area is 164 Å². The molecule has 2 aromatic rings. The molecule has 0 unspecified atom stereocenters. The number of nitriles is 1. The number of nitrogens with zero attached hydrogens (tertiary/aromatic N) is 3. The van der Waals surface area contributed by atoms with Gasteiger partial charge in [0.25, 0.3) is 5.91 Å². The van der Waals surface area contributed by atoms with Crippen LogP contribution in [0.4, 0.5) is 0 Å². The first-order valence-electron chi connectivity index (χ1n) is 9.14. The summed E-state index contributed by atoms with van der Waals surface area (Å²) in [5.74, 6) is -0.152. The standard InChI is InChI=1S/C22H23N3O3/c1-14-18(12-23)5-4-6-20(14)16-7-9-17(10-8-16)22(27)25-13-19(24-28-3)11-21(25)15(2)26/h4-10,15,21,26H,11,13H2,1-3H3/b24-19-/t15-,21+/m1/s1. The number of hydrogen-bond donors (Lipinski definition) is 1. The third kappa shape index (κ3) is 3.75. The first-order valence-corrected chi connectivity index (χ1v) is 9.14. The van der Waals surface area contributed by atoms with Crippen LogP contribution in [0, 0.1) is 18.3 Å². The van der Waals surface area contributed by atoms with Crippen molar-refractivity contribution in [2.75, 3.05) is 13.7 Å². The topological polar surface area (TPSA) is 85.9 Å². The van der Waals surface area contributed by atoms with Crippen LogP contribution >= 0.6 is 0 Å². The summed E-state index contributed by atoms with van der Waals surface area (Å²) in [6.07, 6.45) is -0.167. The van der Waals surface area contributed by atoms with Crippen molar-refractivity contribution in [2.24, 2.45) is 5.16 Å². The maximum atomic E-state index is 13.0. The van der Waals surface area contributed by atoms with E-state index in [2.05, 4.69) is 11.2 Å². The highest BCUT2D eigenvalue weighted by molar-refractivity contribution is 6.00. The number of aliphatic hydroxyl groups excluding tert-OH is 1. The molecular weight excluding hydrogens is 354 g/mol. The maximum absolute atomic E-state index is 13.0. The van der Waals surface area contributed by atoms with Crippen molar-refractivity contribution in [3.8, 4) is 17.2 Å². The molecule has 6 heteroatoms. The molecule has 1 saturated heterocycles. The first kappa shape index (κ1) is 19.6. The fraction of sp³-hybridized carbons (Fsp3) is 0.318. The van der Waals surface area contributed by atoms with Gasteiger partial charge in [0.15, 0.2) is 0 Å². The molecular formula is C22H23N3O3. The molecule has 2 atom stereocenters. The summed E-state index contributed by atoms with van der Waals surface area (Å²) in [6.45, 7) is 3.93. The molecule has 0 aliphatic carbocycles. The van der Waals surface area contributed by atoms with E-state index < -0.39 is 6.10 Å². The minimum atomic E-state index is -0.663. The van der Waals surface area contributed by atoms with Crippen molar-refractivity contribution in [1.82, 2.24) is 4.90 Å². The van der Waals surface area contributed by atoms with E-state index in [4.69, 9.17) is 4.84 Å². The Morgan fingerprint density at radius 2 is 2.04 bits per heavy atom. The zero-order valence-electron chi connectivity index (χ0n) is 16.2. The number of hydrogen-bond acceptors (Lipinski definition) is 5. The molecule has 0 bridgehead atoms. The molecule has 1 amide bonds. The van der Waals surface area contributed by atoms with Crippen molar-refractivity contribution in [1.29, 1.82) is 5.26 Å². The lowest BCUT2D eigenvalue weighted by Crippen LogP contribution is -2.41. The zero-order valence-corrected chi connectivity index (χ0v) is 16.2. The smallest absolute Gasteiger partial charge is 0.254 e. The lowest BCUT2D eigenvalue weighted by molar-refractivity contribution is 0.0538.